The van der Waals surface area contributed by atoms with Crippen molar-refractivity contribution in [3.05, 3.63) is 0 Å². The Morgan fingerprint density at radius 3 is 2.79 bits per heavy atom. The highest BCUT2D eigenvalue weighted by atomic mass is 16.5. The van der Waals surface area contributed by atoms with Crippen molar-refractivity contribution in [2.75, 3.05) is 32.8 Å². The summed E-state index contributed by atoms with van der Waals surface area (Å²) in [4.78, 5) is 14.0. The first-order valence-electron chi connectivity index (χ1n) is 5.69. The molecule has 0 aromatic heterocycles. The Morgan fingerprint density at radius 1 is 1.29 bits per heavy atom. The third kappa shape index (κ3) is 2.55. The van der Waals surface area contributed by atoms with Crippen LogP contribution < -0.4 is 0 Å². The molecule has 2 aliphatic rings. The van der Waals surface area contributed by atoms with Gasteiger partial charge in [-0.1, -0.05) is 6.42 Å². The molecule has 3 heteroatoms. The van der Waals surface area contributed by atoms with Crippen molar-refractivity contribution in [2.45, 2.75) is 25.7 Å². The summed E-state index contributed by atoms with van der Waals surface area (Å²) in [6.07, 6.45) is 4.27. The van der Waals surface area contributed by atoms with Crippen LogP contribution in [0.4, 0.5) is 0 Å². The number of ether oxygens (including phenoxy) is 1. The fourth-order valence-electron chi connectivity index (χ4n) is 2.34. The maximum atomic E-state index is 11.6. The van der Waals surface area contributed by atoms with E-state index in [1.165, 1.54) is 6.42 Å². The van der Waals surface area contributed by atoms with Gasteiger partial charge in [-0.05, 0) is 12.8 Å². The van der Waals surface area contributed by atoms with Crippen LogP contribution in [0.1, 0.15) is 25.7 Å². The SMILES string of the molecule is O=C1CCCC[C@H]1CN1CCOCC1. The Hall–Kier alpha value is -0.410. The molecule has 1 saturated heterocycles. The van der Waals surface area contributed by atoms with Crippen molar-refractivity contribution in [2.24, 2.45) is 5.92 Å². The van der Waals surface area contributed by atoms with Crippen LogP contribution in [-0.4, -0.2) is 43.5 Å². The van der Waals surface area contributed by atoms with Crippen LogP contribution in [0.2, 0.25) is 0 Å². The van der Waals surface area contributed by atoms with E-state index in [-0.39, 0.29) is 0 Å². The summed E-state index contributed by atoms with van der Waals surface area (Å²) in [5.41, 5.74) is 0. The van der Waals surface area contributed by atoms with Crippen LogP contribution in [0.15, 0.2) is 0 Å². The van der Waals surface area contributed by atoms with Crippen molar-refractivity contribution >= 4 is 5.78 Å². The largest absolute Gasteiger partial charge is 0.379 e. The topological polar surface area (TPSA) is 29.5 Å². The first-order chi connectivity index (χ1) is 6.86. The third-order valence-corrected chi connectivity index (χ3v) is 3.26. The van der Waals surface area contributed by atoms with Crippen LogP contribution in [-0.2, 0) is 9.53 Å². The smallest absolute Gasteiger partial charge is 0.137 e. The van der Waals surface area contributed by atoms with E-state index in [1.807, 2.05) is 0 Å². The molecule has 1 heterocycles. The zero-order valence-corrected chi connectivity index (χ0v) is 8.71. The van der Waals surface area contributed by atoms with Gasteiger partial charge < -0.3 is 4.74 Å². The molecule has 0 radical (unpaired) electrons. The number of carbonyl (C=O) groups is 1. The normalized spacial score (nSPS) is 30.6. The monoisotopic (exact) mass is 197 g/mol. The van der Waals surface area contributed by atoms with E-state index in [0.717, 1.165) is 52.1 Å². The minimum atomic E-state index is 0.321. The highest BCUT2D eigenvalue weighted by molar-refractivity contribution is 5.81. The Morgan fingerprint density at radius 2 is 2.07 bits per heavy atom. The lowest BCUT2D eigenvalue weighted by atomic mass is 9.87. The van der Waals surface area contributed by atoms with Gasteiger partial charge >= 0.3 is 0 Å². The highest BCUT2D eigenvalue weighted by Gasteiger charge is 2.24. The molecule has 1 saturated carbocycles. The number of carbonyl (C=O) groups excluding carboxylic acids is 1. The van der Waals surface area contributed by atoms with E-state index in [4.69, 9.17) is 4.74 Å². The number of hydrogen-bond acceptors (Lipinski definition) is 3. The van der Waals surface area contributed by atoms with Gasteiger partial charge in [-0.2, -0.15) is 0 Å². The lowest BCUT2D eigenvalue weighted by molar-refractivity contribution is -0.125. The fraction of sp³-hybridized carbons (Fsp3) is 0.909. The maximum absolute atomic E-state index is 11.6. The molecule has 80 valence electrons. The summed E-state index contributed by atoms with van der Waals surface area (Å²) in [6.45, 7) is 4.65. The maximum Gasteiger partial charge on any atom is 0.137 e. The number of nitrogens with zero attached hydrogens (tertiary/aromatic N) is 1. The Labute approximate surface area is 85.4 Å². The summed E-state index contributed by atoms with van der Waals surface area (Å²) in [7, 11) is 0. The molecule has 1 aliphatic carbocycles. The molecule has 3 nitrogen and oxygen atoms in total. The van der Waals surface area contributed by atoms with Crippen LogP contribution in [0.25, 0.3) is 0 Å². The van der Waals surface area contributed by atoms with Gasteiger partial charge in [-0.15, -0.1) is 0 Å². The number of hydrogen-bond donors (Lipinski definition) is 0. The van der Waals surface area contributed by atoms with Gasteiger partial charge in [0.15, 0.2) is 0 Å². The van der Waals surface area contributed by atoms with Crippen LogP contribution in [0.5, 0.6) is 0 Å². The molecule has 1 aliphatic heterocycles. The molecular formula is C11H19NO2. The predicted molar refractivity (Wildman–Crippen MR) is 54.2 cm³/mol. The van der Waals surface area contributed by atoms with E-state index >= 15 is 0 Å². The Bertz CT molecular complexity index is 199. The second-order valence-electron chi connectivity index (χ2n) is 4.32. The molecule has 0 aromatic carbocycles. The average Bonchev–Trinajstić information content (AvgIpc) is 2.23. The molecule has 0 spiro atoms. The Balaban J connectivity index is 1.79. The van der Waals surface area contributed by atoms with Crippen molar-refractivity contribution in [3.8, 4) is 0 Å². The summed E-state index contributed by atoms with van der Waals surface area (Å²) in [5, 5.41) is 0. The van der Waals surface area contributed by atoms with E-state index in [9.17, 15) is 4.79 Å². The van der Waals surface area contributed by atoms with E-state index < -0.39 is 0 Å². The zero-order valence-electron chi connectivity index (χ0n) is 8.71. The minimum absolute atomic E-state index is 0.321. The molecule has 2 rings (SSSR count). The zero-order chi connectivity index (χ0) is 9.80. The van der Waals surface area contributed by atoms with Gasteiger partial charge in [0.05, 0.1) is 13.2 Å². The van der Waals surface area contributed by atoms with Crippen molar-refractivity contribution < 1.29 is 9.53 Å². The van der Waals surface area contributed by atoms with Crippen LogP contribution in [0, 0.1) is 5.92 Å². The molecule has 0 amide bonds. The van der Waals surface area contributed by atoms with Crippen LogP contribution in [0.3, 0.4) is 0 Å². The van der Waals surface area contributed by atoms with E-state index in [0.29, 0.717) is 11.7 Å². The highest BCUT2D eigenvalue weighted by Crippen LogP contribution is 2.21. The first kappa shape index (κ1) is 10.1. The van der Waals surface area contributed by atoms with E-state index in [1.54, 1.807) is 0 Å². The molecule has 2 fully saturated rings. The Kier molecular flexibility index (Phi) is 3.54. The van der Waals surface area contributed by atoms with Crippen molar-refractivity contribution in [1.29, 1.82) is 0 Å². The summed E-state index contributed by atoms with van der Waals surface area (Å²) >= 11 is 0. The van der Waals surface area contributed by atoms with Gasteiger partial charge in [0.25, 0.3) is 0 Å². The number of rotatable bonds is 2. The second-order valence-corrected chi connectivity index (χ2v) is 4.32. The van der Waals surface area contributed by atoms with Gasteiger partial charge in [0, 0.05) is 32.0 Å². The number of Topliss-reactive ketones (excluding diaryl/α,β-unsaturated/α-hetero) is 1. The standard InChI is InChI=1S/C11H19NO2/c13-11-4-2-1-3-10(11)9-12-5-7-14-8-6-12/h10H,1-9H2/t10-/m0/s1. The van der Waals surface area contributed by atoms with Gasteiger partial charge in [0.1, 0.15) is 5.78 Å². The number of morpholine rings is 1. The summed E-state index contributed by atoms with van der Waals surface area (Å²) < 4.78 is 5.29. The first-order valence-corrected chi connectivity index (χ1v) is 5.69. The molecule has 0 unspecified atom stereocenters. The lowest BCUT2D eigenvalue weighted by Gasteiger charge is -2.31. The minimum Gasteiger partial charge on any atom is -0.379 e. The average molecular weight is 197 g/mol. The molecular weight excluding hydrogens is 178 g/mol. The van der Waals surface area contributed by atoms with Gasteiger partial charge in [-0.25, -0.2) is 0 Å². The van der Waals surface area contributed by atoms with Gasteiger partial charge in [-0.3, -0.25) is 9.69 Å². The van der Waals surface area contributed by atoms with Crippen molar-refractivity contribution in [1.82, 2.24) is 4.90 Å². The summed E-state index contributed by atoms with van der Waals surface area (Å²) in [6, 6.07) is 0. The second kappa shape index (κ2) is 4.89. The molecule has 0 bridgehead atoms. The third-order valence-electron chi connectivity index (χ3n) is 3.26. The van der Waals surface area contributed by atoms with Gasteiger partial charge in [0.2, 0.25) is 0 Å². The summed E-state index contributed by atoms with van der Waals surface area (Å²) in [5.74, 6) is 0.810. The van der Waals surface area contributed by atoms with Crippen molar-refractivity contribution in [3.63, 3.8) is 0 Å². The molecule has 1 atom stereocenters. The molecule has 0 N–H and O–H groups in total. The molecule has 0 aromatic rings. The number of ketones is 1. The van der Waals surface area contributed by atoms with Crippen LogP contribution >= 0.6 is 0 Å². The van der Waals surface area contributed by atoms with E-state index in [2.05, 4.69) is 4.90 Å². The predicted octanol–water partition coefficient (Wildman–Crippen LogP) is 1.08. The fourth-order valence-corrected chi connectivity index (χ4v) is 2.34. The molecule has 14 heavy (non-hydrogen) atoms. The lowest BCUT2D eigenvalue weighted by Crippen LogP contribution is -2.41. The quantitative estimate of drug-likeness (QED) is 0.663.